The SMILES string of the molecule is O=C(CSc1ccc2c(c1)OCCCO2)N1CCCc2ccccc21. The van der Waals surface area contributed by atoms with Crippen LogP contribution in [0.15, 0.2) is 47.4 Å². The van der Waals surface area contributed by atoms with Gasteiger partial charge in [-0.25, -0.2) is 0 Å². The van der Waals surface area contributed by atoms with Gasteiger partial charge in [0.15, 0.2) is 11.5 Å². The van der Waals surface area contributed by atoms with Gasteiger partial charge in [-0.1, -0.05) is 18.2 Å². The summed E-state index contributed by atoms with van der Waals surface area (Å²) in [5, 5.41) is 0. The molecule has 0 fully saturated rings. The highest BCUT2D eigenvalue weighted by Crippen LogP contribution is 2.34. The Hall–Kier alpha value is -2.14. The molecule has 2 aromatic rings. The lowest BCUT2D eigenvalue weighted by Crippen LogP contribution is -2.36. The summed E-state index contributed by atoms with van der Waals surface area (Å²) in [6.07, 6.45) is 2.97. The first-order valence-corrected chi connectivity index (χ1v) is 9.70. The number of hydrogen-bond donors (Lipinski definition) is 0. The molecule has 0 aliphatic carbocycles. The smallest absolute Gasteiger partial charge is 0.237 e. The number of anilines is 1. The number of aryl methyl sites for hydroxylation is 1. The molecule has 0 aromatic heterocycles. The van der Waals surface area contributed by atoms with E-state index in [4.69, 9.17) is 9.47 Å². The summed E-state index contributed by atoms with van der Waals surface area (Å²) in [5.41, 5.74) is 2.33. The number of nitrogens with zero attached hydrogens (tertiary/aromatic N) is 1. The Morgan fingerprint density at radius 2 is 1.88 bits per heavy atom. The normalized spacial score (nSPS) is 16.1. The van der Waals surface area contributed by atoms with Crippen LogP contribution in [0.4, 0.5) is 5.69 Å². The van der Waals surface area contributed by atoms with Gasteiger partial charge in [-0.3, -0.25) is 4.79 Å². The summed E-state index contributed by atoms with van der Waals surface area (Å²) in [6.45, 7) is 2.16. The molecule has 5 heteroatoms. The molecule has 0 unspecified atom stereocenters. The molecule has 2 aliphatic heterocycles. The Morgan fingerprint density at radius 3 is 2.80 bits per heavy atom. The number of hydrogen-bond acceptors (Lipinski definition) is 4. The van der Waals surface area contributed by atoms with Crippen molar-refractivity contribution in [3.8, 4) is 11.5 Å². The van der Waals surface area contributed by atoms with E-state index in [2.05, 4.69) is 6.07 Å². The first-order chi connectivity index (χ1) is 12.3. The zero-order chi connectivity index (χ0) is 17.1. The fourth-order valence-corrected chi connectivity index (χ4v) is 4.05. The van der Waals surface area contributed by atoms with Crippen molar-refractivity contribution in [2.24, 2.45) is 0 Å². The second-order valence-corrected chi connectivity index (χ2v) is 7.27. The fourth-order valence-electron chi connectivity index (χ4n) is 3.25. The third-order valence-corrected chi connectivity index (χ3v) is 5.47. The standard InChI is InChI=1S/C20H21NO3S/c22-20(21-10-3-6-15-5-1-2-7-17(15)21)14-25-16-8-9-18-19(13-16)24-12-4-11-23-18/h1-2,5,7-9,13H,3-4,6,10-12,14H2. The van der Waals surface area contributed by atoms with Gasteiger partial charge in [0.1, 0.15) is 0 Å². The molecule has 0 spiro atoms. The number of amides is 1. The number of benzene rings is 2. The summed E-state index contributed by atoms with van der Waals surface area (Å²) >= 11 is 1.55. The van der Waals surface area contributed by atoms with Crippen molar-refractivity contribution in [3.63, 3.8) is 0 Å². The van der Waals surface area contributed by atoms with E-state index in [9.17, 15) is 4.79 Å². The highest BCUT2D eigenvalue weighted by molar-refractivity contribution is 8.00. The second-order valence-electron chi connectivity index (χ2n) is 6.23. The lowest BCUT2D eigenvalue weighted by molar-refractivity contribution is -0.116. The predicted molar refractivity (Wildman–Crippen MR) is 99.9 cm³/mol. The molecule has 2 heterocycles. The highest BCUT2D eigenvalue weighted by Gasteiger charge is 2.22. The molecule has 0 atom stereocenters. The van der Waals surface area contributed by atoms with Crippen molar-refractivity contribution in [1.29, 1.82) is 0 Å². The zero-order valence-corrected chi connectivity index (χ0v) is 14.9. The van der Waals surface area contributed by atoms with Crippen molar-refractivity contribution in [3.05, 3.63) is 48.0 Å². The fraction of sp³-hybridized carbons (Fsp3) is 0.350. The van der Waals surface area contributed by atoms with E-state index >= 15 is 0 Å². The number of rotatable bonds is 3. The molecule has 1 amide bonds. The van der Waals surface area contributed by atoms with Gasteiger partial charge >= 0.3 is 0 Å². The van der Waals surface area contributed by atoms with Gasteiger partial charge in [-0.05, 0) is 42.7 Å². The van der Waals surface area contributed by atoms with Gasteiger partial charge in [0, 0.05) is 23.5 Å². The Balaban J connectivity index is 1.44. The Morgan fingerprint density at radius 1 is 1.04 bits per heavy atom. The maximum atomic E-state index is 12.7. The van der Waals surface area contributed by atoms with Crippen LogP contribution in [0.1, 0.15) is 18.4 Å². The third-order valence-electron chi connectivity index (χ3n) is 4.49. The van der Waals surface area contributed by atoms with Gasteiger partial charge in [0.2, 0.25) is 5.91 Å². The maximum absolute atomic E-state index is 12.7. The summed E-state index contributed by atoms with van der Waals surface area (Å²) in [4.78, 5) is 15.7. The summed E-state index contributed by atoms with van der Waals surface area (Å²) < 4.78 is 11.4. The predicted octanol–water partition coefficient (Wildman–Crippen LogP) is 3.92. The van der Waals surface area contributed by atoms with E-state index in [0.717, 1.165) is 47.9 Å². The highest BCUT2D eigenvalue weighted by atomic mass is 32.2. The van der Waals surface area contributed by atoms with Gasteiger partial charge in [-0.15, -0.1) is 11.8 Å². The Kier molecular flexibility index (Phi) is 4.83. The van der Waals surface area contributed by atoms with Crippen molar-refractivity contribution in [2.75, 3.05) is 30.4 Å². The van der Waals surface area contributed by atoms with Gasteiger partial charge in [0.05, 0.1) is 19.0 Å². The van der Waals surface area contributed by atoms with Crippen molar-refractivity contribution in [1.82, 2.24) is 0 Å². The molecule has 0 saturated heterocycles. The van der Waals surface area contributed by atoms with Gasteiger partial charge in [0.25, 0.3) is 0 Å². The lowest BCUT2D eigenvalue weighted by Gasteiger charge is -2.29. The van der Waals surface area contributed by atoms with E-state index in [-0.39, 0.29) is 5.91 Å². The molecule has 2 aliphatic rings. The maximum Gasteiger partial charge on any atom is 0.237 e. The number of para-hydroxylation sites is 1. The molecule has 25 heavy (non-hydrogen) atoms. The molecule has 0 saturated carbocycles. The molecule has 0 bridgehead atoms. The van der Waals surface area contributed by atoms with Crippen LogP contribution < -0.4 is 14.4 Å². The molecular formula is C20H21NO3S. The molecule has 4 nitrogen and oxygen atoms in total. The Labute approximate surface area is 152 Å². The average Bonchev–Trinajstić information content (AvgIpc) is 2.90. The summed E-state index contributed by atoms with van der Waals surface area (Å²) in [7, 11) is 0. The number of ether oxygens (including phenoxy) is 2. The molecule has 0 radical (unpaired) electrons. The third kappa shape index (κ3) is 3.61. The van der Waals surface area contributed by atoms with Crippen LogP contribution in [-0.2, 0) is 11.2 Å². The zero-order valence-electron chi connectivity index (χ0n) is 14.1. The number of thioether (sulfide) groups is 1. The molecular weight excluding hydrogens is 334 g/mol. The average molecular weight is 355 g/mol. The van der Waals surface area contributed by atoms with Crippen LogP contribution in [0, 0.1) is 0 Å². The van der Waals surface area contributed by atoms with Crippen molar-refractivity contribution in [2.45, 2.75) is 24.2 Å². The lowest BCUT2D eigenvalue weighted by atomic mass is 10.0. The number of fused-ring (bicyclic) bond motifs is 2. The molecule has 2 aromatic carbocycles. The Bertz CT molecular complexity index is 777. The second kappa shape index (κ2) is 7.40. The summed E-state index contributed by atoms with van der Waals surface area (Å²) in [6, 6.07) is 14.1. The van der Waals surface area contributed by atoms with Crippen LogP contribution in [0.2, 0.25) is 0 Å². The number of carbonyl (C=O) groups excluding carboxylic acids is 1. The van der Waals surface area contributed by atoms with E-state index < -0.39 is 0 Å². The van der Waals surface area contributed by atoms with Gasteiger partial charge in [-0.2, -0.15) is 0 Å². The van der Waals surface area contributed by atoms with E-state index in [1.54, 1.807) is 11.8 Å². The minimum Gasteiger partial charge on any atom is -0.490 e. The van der Waals surface area contributed by atoms with E-state index in [1.807, 2.05) is 41.3 Å². The monoisotopic (exact) mass is 355 g/mol. The molecule has 4 rings (SSSR count). The molecule has 130 valence electrons. The van der Waals surface area contributed by atoms with Crippen LogP contribution in [0.3, 0.4) is 0 Å². The first-order valence-electron chi connectivity index (χ1n) is 8.72. The topological polar surface area (TPSA) is 38.8 Å². The largest absolute Gasteiger partial charge is 0.490 e. The quantitative estimate of drug-likeness (QED) is 0.782. The van der Waals surface area contributed by atoms with Crippen LogP contribution in [0.5, 0.6) is 11.5 Å². The number of carbonyl (C=O) groups is 1. The summed E-state index contributed by atoms with van der Waals surface area (Å²) in [5.74, 6) is 2.15. The van der Waals surface area contributed by atoms with Crippen molar-refractivity contribution >= 4 is 23.4 Å². The van der Waals surface area contributed by atoms with Crippen LogP contribution in [0.25, 0.3) is 0 Å². The van der Waals surface area contributed by atoms with E-state index in [0.29, 0.717) is 19.0 Å². The van der Waals surface area contributed by atoms with Crippen molar-refractivity contribution < 1.29 is 14.3 Å². The van der Waals surface area contributed by atoms with Gasteiger partial charge < -0.3 is 14.4 Å². The minimum absolute atomic E-state index is 0.157. The minimum atomic E-state index is 0.157. The first kappa shape index (κ1) is 16.3. The van der Waals surface area contributed by atoms with Crippen LogP contribution >= 0.6 is 11.8 Å². The van der Waals surface area contributed by atoms with E-state index in [1.165, 1.54) is 5.56 Å². The van der Waals surface area contributed by atoms with Crippen LogP contribution in [-0.4, -0.2) is 31.4 Å². The molecule has 0 N–H and O–H groups in total.